The molecule has 0 fully saturated rings. The van der Waals surface area contributed by atoms with E-state index in [0.717, 1.165) is 30.0 Å². The molecule has 0 aromatic carbocycles. The molecule has 0 unspecified atom stereocenters. The molecule has 0 saturated carbocycles. The van der Waals surface area contributed by atoms with E-state index < -0.39 is 16.9 Å². The van der Waals surface area contributed by atoms with Crippen LogP contribution < -0.4 is 0 Å². The Labute approximate surface area is 127 Å². The summed E-state index contributed by atoms with van der Waals surface area (Å²) in [6.07, 6.45) is 0.715. The Morgan fingerprint density at radius 1 is 0.800 bits per heavy atom. The summed E-state index contributed by atoms with van der Waals surface area (Å²) in [5, 5.41) is 27.8. The molecular weight excluding hydrogens is 316 g/mol. The Kier molecular flexibility index (Phi) is 11.5. The highest BCUT2D eigenvalue weighted by molar-refractivity contribution is 7.99. The Morgan fingerprint density at radius 2 is 1.30 bits per heavy atom. The molecule has 6 nitrogen and oxygen atoms in total. The van der Waals surface area contributed by atoms with Crippen LogP contribution in [0, 0.1) is 0 Å². The maximum absolute atomic E-state index is 9.27. The van der Waals surface area contributed by atoms with Gasteiger partial charge in [-0.15, -0.1) is 0 Å². The lowest BCUT2D eigenvalue weighted by atomic mass is 10.6. The third kappa shape index (κ3) is 6.54. The number of thioether (sulfide) groups is 1. The molecule has 3 N–H and O–H groups in total. The molecule has 0 aliphatic carbocycles. The van der Waals surface area contributed by atoms with Crippen molar-refractivity contribution in [3.63, 3.8) is 0 Å². The van der Waals surface area contributed by atoms with Gasteiger partial charge < -0.3 is 28.6 Å². The normalized spacial score (nSPS) is 12.9. The highest BCUT2D eigenvalue weighted by Gasteiger charge is 2.37. The van der Waals surface area contributed by atoms with Gasteiger partial charge >= 0.3 is 8.80 Å². The van der Waals surface area contributed by atoms with E-state index in [1.54, 1.807) is 33.1 Å². The van der Waals surface area contributed by atoms with Crippen molar-refractivity contribution in [1.82, 2.24) is 0 Å². The van der Waals surface area contributed by atoms with E-state index in [-0.39, 0.29) is 18.7 Å². The minimum atomic E-state index is -2.47. The van der Waals surface area contributed by atoms with Gasteiger partial charge in [-0.1, -0.05) is 6.04 Å². The van der Waals surface area contributed by atoms with Crippen molar-refractivity contribution in [1.29, 1.82) is 0 Å². The number of hydrogen-bond donors (Lipinski definition) is 3. The summed E-state index contributed by atoms with van der Waals surface area (Å²) in [5.74, 6) is 1.81. The van der Waals surface area contributed by atoms with Crippen LogP contribution >= 0.6 is 11.8 Å². The summed E-state index contributed by atoms with van der Waals surface area (Å²) in [7, 11) is 0.100. The molecule has 0 aromatic rings. The predicted molar refractivity (Wildman–Crippen MR) is 85.3 cm³/mol. The van der Waals surface area contributed by atoms with E-state index >= 15 is 0 Å². The molecule has 9 heteroatoms. The van der Waals surface area contributed by atoms with Crippen molar-refractivity contribution < 1.29 is 28.6 Å². The average Bonchev–Trinajstić information content (AvgIpc) is 2.52. The molecule has 0 aromatic heterocycles. The third-order valence-corrected chi connectivity index (χ3v) is 11.1. The second kappa shape index (κ2) is 11.2. The fraction of sp³-hybridized carbons (Fsp3) is 1.00. The van der Waals surface area contributed by atoms with Crippen molar-refractivity contribution in [2.45, 2.75) is 18.5 Å². The first-order valence-electron chi connectivity index (χ1n) is 6.63. The minimum Gasteiger partial charge on any atom is -0.399 e. The summed E-state index contributed by atoms with van der Waals surface area (Å²) in [6.45, 7) is 0. The number of rotatable bonds is 13. The molecule has 0 amide bonds. The first-order valence-corrected chi connectivity index (χ1v) is 12.5. The molecule has 0 aliphatic rings. The van der Waals surface area contributed by atoms with Crippen LogP contribution in [-0.2, 0) is 13.3 Å². The topological polar surface area (TPSA) is 88.4 Å². The van der Waals surface area contributed by atoms with Gasteiger partial charge in [0.05, 0.1) is 0 Å². The minimum absolute atomic E-state index is 0.0578. The molecule has 0 bridgehead atoms. The largest absolute Gasteiger partial charge is 0.500 e. The van der Waals surface area contributed by atoms with Gasteiger partial charge in [-0.25, -0.2) is 0 Å². The lowest BCUT2D eigenvalue weighted by Crippen LogP contribution is -2.48. The lowest BCUT2D eigenvalue weighted by Gasteiger charge is -2.25. The smallest absolute Gasteiger partial charge is 0.399 e. The van der Waals surface area contributed by atoms with Crippen molar-refractivity contribution >= 4 is 28.6 Å². The van der Waals surface area contributed by atoms with Crippen molar-refractivity contribution in [2.75, 3.05) is 51.5 Å². The summed E-state index contributed by atoms with van der Waals surface area (Å²) in [5.41, 5.74) is 0. The van der Waals surface area contributed by atoms with E-state index in [1.807, 2.05) is 0 Å². The number of hydrogen-bond acceptors (Lipinski definition) is 7. The Bertz CT molecular complexity index is 198. The second-order valence-corrected chi connectivity index (χ2v) is 13.5. The predicted octanol–water partition coefficient (Wildman–Crippen LogP) is 0.0311. The van der Waals surface area contributed by atoms with Crippen molar-refractivity contribution in [3.05, 3.63) is 0 Å². The Hall–Kier alpha value is 0.544. The monoisotopic (exact) mass is 344 g/mol. The summed E-state index contributed by atoms with van der Waals surface area (Å²) in [4.78, 5) is 0. The van der Waals surface area contributed by atoms with Gasteiger partial charge in [0.1, 0.15) is 8.07 Å². The van der Waals surface area contributed by atoms with Crippen LogP contribution in [0.2, 0.25) is 12.1 Å². The molecule has 0 atom stereocenters. The highest BCUT2D eigenvalue weighted by Crippen LogP contribution is 2.19. The standard InChI is InChI=1S/C11H28O6SSi2/c1-15-20(16-2,17-3)8-6-18-5-4-7-19(9-12,10-13)11-14/h12-14H,4-11H2,1-3H3. The van der Waals surface area contributed by atoms with Crippen LogP contribution in [0.25, 0.3) is 0 Å². The second-order valence-electron chi connectivity index (χ2n) is 4.74. The van der Waals surface area contributed by atoms with E-state index in [2.05, 4.69) is 0 Å². The molecule has 0 rings (SSSR count). The average molecular weight is 345 g/mol. The van der Waals surface area contributed by atoms with Crippen LogP contribution in [0.5, 0.6) is 0 Å². The third-order valence-electron chi connectivity index (χ3n) is 3.49. The highest BCUT2D eigenvalue weighted by atomic mass is 32.2. The first kappa shape index (κ1) is 20.5. The molecule has 20 heavy (non-hydrogen) atoms. The van der Waals surface area contributed by atoms with Gasteiger partial charge in [-0.3, -0.25) is 0 Å². The first-order chi connectivity index (χ1) is 9.57. The van der Waals surface area contributed by atoms with Crippen LogP contribution in [0.15, 0.2) is 0 Å². The molecular formula is C11H28O6SSi2. The van der Waals surface area contributed by atoms with Gasteiger partial charge in [0.15, 0.2) is 0 Å². The summed E-state index contributed by atoms with van der Waals surface area (Å²) >= 11 is 1.77. The fourth-order valence-electron chi connectivity index (χ4n) is 1.79. The molecule has 0 radical (unpaired) electrons. The van der Waals surface area contributed by atoms with Gasteiger partial charge in [-0.05, 0) is 17.9 Å². The van der Waals surface area contributed by atoms with Crippen LogP contribution in [0.1, 0.15) is 6.42 Å². The van der Waals surface area contributed by atoms with Crippen LogP contribution in [-0.4, -0.2) is 83.7 Å². The van der Waals surface area contributed by atoms with Crippen LogP contribution in [0.3, 0.4) is 0 Å². The summed E-state index contributed by atoms with van der Waals surface area (Å²) < 4.78 is 16.0. The zero-order valence-corrected chi connectivity index (χ0v) is 15.4. The van der Waals surface area contributed by atoms with Gasteiger partial charge in [0.2, 0.25) is 0 Å². The lowest BCUT2D eigenvalue weighted by molar-refractivity contribution is 0.125. The van der Waals surface area contributed by atoms with E-state index in [9.17, 15) is 15.3 Å². The molecule has 122 valence electrons. The maximum Gasteiger partial charge on any atom is 0.500 e. The number of aliphatic hydroxyl groups excluding tert-OH is 3. The van der Waals surface area contributed by atoms with Gasteiger partial charge in [-0.2, -0.15) is 11.8 Å². The van der Waals surface area contributed by atoms with E-state index in [4.69, 9.17) is 13.3 Å². The zero-order valence-electron chi connectivity index (χ0n) is 12.6. The van der Waals surface area contributed by atoms with Gasteiger partial charge in [0, 0.05) is 46.1 Å². The molecule has 0 spiro atoms. The maximum atomic E-state index is 9.27. The Balaban J connectivity index is 3.87. The van der Waals surface area contributed by atoms with Crippen molar-refractivity contribution in [3.8, 4) is 0 Å². The molecule has 0 heterocycles. The van der Waals surface area contributed by atoms with Crippen molar-refractivity contribution in [2.24, 2.45) is 0 Å². The zero-order chi connectivity index (χ0) is 15.5. The SMILES string of the molecule is CO[Si](CCSCCC[Si](CO)(CO)CO)(OC)OC. The van der Waals surface area contributed by atoms with E-state index in [1.165, 1.54) is 0 Å². The Morgan fingerprint density at radius 3 is 1.70 bits per heavy atom. The summed E-state index contributed by atoms with van der Waals surface area (Å²) in [6, 6.07) is 1.49. The van der Waals surface area contributed by atoms with Gasteiger partial charge in [0.25, 0.3) is 0 Å². The quantitative estimate of drug-likeness (QED) is 0.321. The fourth-order valence-corrected chi connectivity index (χ4v) is 6.99. The van der Waals surface area contributed by atoms with Crippen LogP contribution in [0.4, 0.5) is 0 Å². The molecule has 0 saturated heterocycles. The van der Waals surface area contributed by atoms with E-state index in [0.29, 0.717) is 0 Å². The molecule has 0 aliphatic heterocycles. The number of aliphatic hydroxyl groups is 3.